The number of carbonyl (C=O) groups excluding carboxylic acids is 1. The van der Waals surface area contributed by atoms with E-state index in [1.165, 1.54) is 4.90 Å². The van der Waals surface area contributed by atoms with Gasteiger partial charge in [-0.1, -0.05) is 0 Å². The van der Waals surface area contributed by atoms with Crippen molar-refractivity contribution in [3.63, 3.8) is 0 Å². The fourth-order valence-electron chi connectivity index (χ4n) is 1.82. The Bertz CT molecular complexity index is 434. The monoisotopic (exact) mass is 268 g/mol. The van der Waals surface area contributed by atoms with Gasteiger partial charge in [-0.05, 0) is 0 Å². The van der Waals surface area contributed by atoms with Crippen molar-refractivity contribution in [3.05, 3.63) is 18.2 Å². The minimum Gasteiger partial charge on any atom is -0.479 e. The van der Waals surface area contributed by atoms with Gasteiger partial charge in [0.2, 0.25) is 0 Å². The number of aromatic nitrogens is 2. The molecule has 104 valence electrons. The number of carboxylic acid groups (broad SMARTS) is 1. The highest BCUT2D eigenvalue weighted by atomic mass is 16.5. The molecule has 2 rings (SSSR count). The van der Waals surface area contributed by atoms with Crippen molar-refractivity contribution in [1.82, 2.24) is 20.2 Å². The second-order valence-corrected chi connectivity index (χ2v) is 4.20. The van der Waals surface area contributed by atoms with Gasteiger partial charge in [-0.15, -0.1) is 0 Å². The third-order valence-electron chi connectivity index (χ3n) is 2.85. The first kappa shape index (κ1) is 13.3. The van der Waals surface area contributed by atoms with Crippen molar-refractivity contribution in [1.29, 1.82) is 0 Å². The molecule has 1 atom stereocenters. The molecule has 3 N–H and O–H groups in total. The Labute approximate surface area is 109 Å². The van der Waals surface area contributed by atoms with Crippen LogP contribution in [0.4, 0.5) is 4.79 Å². The molecule has 1 aliphatic rings. The highest BCUT2D eigenvalue weighted by molar-refractivity contribution is 5.77. The highest BCUT2D eigenvalue weighted by Gasteiger charge is 2.28. The van der Waals surface area contributed by atoms with Crippen LogP contribution in [0.2, 0.25) is 0 Å². The van der Waals surface area contributed by atoms with E-state index < -0.39 is 12.1 Å². The number of aliphatic carboxylic acids is 1. The van der Waals surface area contributed by atoms with E-state index in [2.05, 4.69) is 15.3 Å². The Hall–Kier alpha value is -2.09. The number of nitrogens with zero attached hydrogens (tertiary/aromatic N) is 2. The molecule has 19 heavy (non-hydrogen) atoms. The van der Waals surface area contributed by atoms with Crippen molar-refractivity contribution >= 4 is 12.0 Å². The zero-order valence-electron chi connectivity index (χ0n) is 10.3. The predicted octanol–water partition coefficient (Wildman–Crippen LogP) is -0.553. The Balaban J connectivity index is 1.74. The summed E-state index contributed by atoms with van der Waals surface area (Å²) in [5.41, 5.74) is 0.936. The summed E-state index contributed by atoms with van der Waals surface area (Å²) in [5, 5.41) is 11.6. The molecular formula is C11H16N4O4. The number of carboxylic acids is 1. The predicted molar refractivity (Wildman–Crippen MR) is 64.6 cm³/mol. The summed E-state index contributed by atoms with van der Waals surface area (Å²) in [6.45, 7) is 1.19. The number of H-pyrrole nitrogens is 1. The number of morpholine rings is 1. The van der Waals surface area contributed by atoms with E-state index >= 15 is 0 Å². The Morgan fingerprint density at radius 1 is 1.63 bits per heavy atom. The topological polar surface area (TPSA) is 108 Å². The van der Waals surface area contributed by atoms with Gasteiger partial charge in [0, 0.05) is 31.4 Å². The summed E-state index contributed by atoms with van der Waals surface area (Å²) in [4.78, 5) is 30.9. The smallest absolute Gasteiger partial charge is 0.334 e. The number of hydrogen-bond acceptors (Lipinski definition) is 4. The summed E-state index contributed by atoms with van der Waals surface area (Å²) in [6.07, 6.45) is 2.99. The Morgan fingerprint density at radius 2 is 2.47 bits per heavy atom. The number of aromatic amines is 1. The number of nitrogens with one attached hydrogen (secondary N) is 2. The number of rotatable bonds is 4. The molecule has 2 heterocycles. The molecule has 0 radical (unpaired) electrons. The molecule has 1 unspecified atom stereocenters. The fourth-order valence-corrected chi connectivity index (χ4v) is 1.82. The standard InChI is InChI=1S/C11H16N4O4/c16-10(17)9-6-15(3-4-19-9)11(18)13-2-1-8-5-12-7-14-8/h5,7,9H,1-4,6H2,(H,12,14)(H,13,18)(H,16,17). The molecule has 8 nitrogen and oxygen atoms in total. The molecule has 0 aromatic carbocycles. The first-order chi connectivity index (χ1) is 9.16. The van der Waals surface area contributed by atoms with Gasteiger partial charge < -0.3 is 25.0 Å². The number of amides is 2. The average Bonchev–Trinajstić information content (AvgIpc) is 2.92. The third-order valence-corrected chi connectivity index (χ3v) is 2.85. The molecular weight excluding hydrogens is 252 g/mol. The quantitative estimate of drug-likeness (QED) is 0.679. The summed E-state index contributed by atoms with van der Waals surface area (Å²) in [6, 6.07) is -0.269. The lowest BCUT2D eigenvalue weighted by Gasteiger charge is -2.30. The maximum atomic E-state index is 11.8. The lowest BCUT2D eigenvalue weighted by atomic mass is 10.3. The van der Waals surface area contributed by atoms with Crippen LogP contribution in [0.5, 0.6) is 0 Å². The van der Waals surface area contributed by atoms with Crippen LogP contribution in [0.15, 0.2) is 12.5 Å². The molecule has 8 heteroatoms. The molecule has 1 aromatic heterocycles. The number of imidazole rings is 1. The highest BCUT2D eigenvalue weighted by Crippen LogP contribution is 2.05. The molecule has 1 aromatic rings. The second-order valence-electron chi connectivity index (χ2n) is 4.20. The van der Waals surface area contributed by atoms with Gasteiger partial charge >= 0.3 is 12.0 Å². The van der Waals surface area contributed by atoms with Crippen molar-refractivity contribution in [2.75, 3.05) is 26.2 Å². The largest absolute Gasteiger partial charge is 0.479 e. The van der Waals surface area contributed by atoms with Crippen molar-refractivity contribution in [2.24, 2.45) is 0 Å². The van der Waals surface area contributed by atoms with Gasteiger partial charge in [0.1, 0.15) is 0 Å². The van der Waals surface area contributed by atoms with E-state index in [0.29, 0.717) is 19.5 Å². The van der Waals surface area contributed by atoms with Gasteiger partial charge in [0.25, 0.3) is 0 Å². The molecule has 1 fully saturated rings. The maximum Gasteiger partial charge on any atom is 0.334 e. The molecule has 1 aliphatic heterocycles. The third kappa shape index (κ3) is 3.68. The summed E-state index contributed by atoms with van der Waals surface area (Å²) >= 11 is 0. The van der Waals surface area contributed by atoms with E-state index in [4.69, 9.17) is 9.84 Å². The van der Waals surface area contributed by atoms with E-state index in [9.17, 15) is 9.59 Å². The van der Waals surface area contributed by atoms with E-state index in [1.54, 1.807) is 12.5 Å². The van der Waals surface area contributed by atoms with E-state index in [-0.39, 0.29) is 19.2 Å². The molecule has 0 spiro atoms. The second kappa shape index (κ2) is 6.19. The number of carbonyl (C=O) groups is 2. The van der Waals surface area contributed by atoms with Crippen LogP contribution in [0.25, 0.3) is 0 Å². The average molecular weight is 268 g/mol. The summed E-state index contributed by atoms with van der Waals surface area (Å²) < 4.78 is 5.05. The Kier molecular flexibility index (Phi) is 4.35. The zero-order chi connectivity index (χ0) is 13.7. The van der Waals surface area contributed by atoms with Gasteiger partial charge in [-0.2, -0.15) is 0 Å². The minimum absolute atomic E-state index is 0.0746. The first-order valence-corrected chi connectivity index (χ1v) is 6.01. The molecule has 0 bridgehead atoms. The summed E-state index contributed by atoms with van der Waals surface area (Å²) in [7, 11) is 0. The molecule has 1 saturated heterocycles. The normalized spacial score (nSPS) is 19.2. The molecule has 0 saturated carbocycles. The minimum atomic E-state index is -1.05. The molecule has 0 aliphatic carbocycles. The van der Waals surface area contributed by atoms with Gasteiger partial charge in [0.15, 0.2) is 6.10 Å². The van der Waals surface area contributed by atoms with Gasteiger partial charge in [0.05, 0.1) is 19.5 Å². The van der Waals surface area contributed by atoms with Crippen LogP contribution >= 0.6 is 0 Å². The van der Waals surface area contributed by atoms with Crippen molar-refractivity contribution < 1.29 is 19.4 Å². The number of hydrogen-bond donors (Lipinski definition) is 3. The van der Waals surface area contributed by atoms with Crippen LogP contribution in [0, 0.1) is 0 Å². The maximum absolute atomic E-state index is 11.8. The van der Waals surface area contributed by atoms with E-state index in [1.807, 2.05) is 0 Å². The summed E-state index contributed by atoms with van der Waals surface area (Å²) in [5.74, 6) is -1.05. The van der Waals surface area contributed by atoms with Crippen LogP contribution in [0.3, 0.4) is 0 Å². The van der Waals surface area contributed by atoms with Gasteiger partial charge in [-0.3, -0.25) is 0 Å². The Morgan fingerprint density at radius 3 is 3.16 bits per heavy atom. The first-order valence-electron chi connectivity index (χ1n) is 6.01. The molecule has 2 amide bonds. The fraction of sp³-hybridized carbons (Fsp3) is 0.545. The van der Waals surface area contributed by atoms with Gasteiger partial charge in [-0.25, -0.2) is 14.6 Å². The van der Waals surface area contributed by atoms with Crippen LogP contribution < -0.4 is 5.32 Å². The SMILES string of the molecule is O=C(O)C1CN(C(=O)NCCc2cnc[nH]2)CCO1. The van der Waals surface area contributed by atoms with Crippen LogP contribution in [-0.4, -0.2) is 64.3 Å². The van der Waals surface area contributed by atoms with Crippen LogP contribution in [0.1, 0.15) is 5.69 Å². The van der Waals surface area contributed by atoms with E-state index in [0.717, 1.165) is 5.69 Å². The van der Waals surface area contributed by atoms with Crippen molar-refractivity contribution in [3.8, 4) is 0 Å². The lowest BCUT2D eigenvalue weighted by molar-refractivity contribution is -0.154. The van der Waals surface area contributed by atoms with Crippen LogP contribution in [-0.2, 0) is 16.0 Å². The lowest BCUT2D eigenvalue weighted by Crippen LogP contribution is -2.52. The number of ether oxygens (including phenoxy) is 1. The number of urea groups is 1. The van der Waals surface area contributed by atoms with Crippen molar-refractivity contribution in [2.45, 2.75) is 12.5 Å². The zero-order valence-corrected chi connectivity index (χ0v) is 10.3.